The minimum atomic E-state index is -4.41. The summed E-state index contributed by atoms with van der Waals surface area (Å²) in [5.74, 6) is 0.949. The Morgan fingerprint density at radius 3 is 2.31 bits per heavy atom. The van der Waals surface area contributed by atoms with E-state index in [0.717, 1.165) is 29.1 Å². The number of benzene rings is 2. The third kappa shape index (κ3) is 5.22. The molecule has 2 aliphatic rings. The summed E-state index contributed by atoms with van der Waals surface area (Å²) in [5, 5.41) is 4.24. The second-order valence-electron chi connectivity index (χ2n) is 8.20. The van der Waals surface area contributed by atoms with Crippen molar-refractivity contribution in [3.8, 4) is 0 Å². The van der Waals surface area contributed by atoms with Gasteiger partial charge in [0.05, 0.1) is 24.5 Å². The summed E-state index contributed by atoms with van der Waals surface area (Å²) in [6, 6.07) is 10.1. The van der Waals surface area contributed by atoms with E-state index in [9.17, 15) is 13.2 Å². The lowest BCUT2D eigenvalue weighted by Gasteiger charge is -2.27. The minimum absolute atomic E-state index is 0.427. The van der Waals surface area contributed by atoms with E-state index in [4.69, 9.17) is 37.9 Å². The highest BCUT2D eigenvalue weighted by Gasteiger charge is 2.30. The van der Waals surface area contributed by atoms with Crippen molar-refractivity contribution in [2.75, 3.05) is 36.5 Å². The van der Waals surface area contributed by atoms with Crippen molar-refractivity contribution >= 4 is 52.1 Å². The van der Waals surface area contributed by atoms with Crippen LogP contribution in [0.1, 0.15) is 16.8 Å². The van der Waals surface area contributed by atoms with Gasteiger partial charge in [0.2, 0.25) is 5.95 Å². The summed E-state index contributed by atoms with van der Waals surface area (Å²) in [5.41, 5.74) is 2.63. The molecule has 0 saturated carbocycles. The van der Waals surface area contributed by atoms with E-state index in [0.29, 0.717) is 72.3 Å². The van der Waals surface area contributed by atoms with Crippen molar-refractivity contribution in [1.29, 1.82) is 0 Å². The van der Waals surface area contributed by atoms with E-state index in [1.54, 1.807) is 18.2 Å². The first-order valence-electron chi connectivity index (χ1n) is 10.9. The number of ether oxygens (including phenoxy) is 1. The molecule has 0 unspecified atom stereocenters. The molecular formula is C24H20Cl2F3N5O. The molecular weight excluding hydrogens is 502 g/mol. The van der Waals surface area contributed by atoms with E-state index in [1.807, 2.05) is 4.90 Å². The van der Waals surface area contributed by atoms with Gasteiger partial charge < -0.3 is 15.0 Å². The van der Waals surface area contributed by atoms with Gasteiger partial charge in [0.25, 0.3) is 0 Å². The number of nitrogens with zero attached hydrogens (tertiary/aromatic N) is 4. The summed E-state index contributed by atoms with van der Waals surface area (Å²) in [6.45, 7) is 2.41. The topological polar surface area (TPSA) is 62.6 Å². The Balaban J connectivity index is 1.48. The van der Waals surface area contributed by atoms with E-state index in [-0.39, 0.29) is 0 Å². The van der Waals surface area contributed by atoms with Gasteiger partial charge in [-0.3, -0.25) is 4.99 Å². The number of fused-ring (bicyclic) bond motifs is 1. The maximum atomic E-state index is 13.0. The summed E-state index contributed by atoms with van der Waals surface area (Å²) in [7, 11) is 0. The second kappa shape index (κ2) is 9.64. The Hall–Kier alpha value is -2.88. The Kier molecular flexibility index (Phi) is 6.57. The first-order chi connectivity index (χ1) is 16.8. The largest absolute Gasteiger partial charge is 0.416 e. The van der Waals surface area contributed by atoms with E-state index in [1.165, 1.54) is 12.1 Å². The van der Waals surface area contributed by atoms with E-state index < -0.39 is 11.7 Å². The molecule has 0 bridgehead atoms. The maximum absolute atomic E-state index is 13.0. The molecule has 0 amide bonds. The zero-order chi connectivity index (χ0) is 24.6. The number of anilines is 3. The number of hydrogen-bond acceptors (Lipinski definition) is 6. The van der Waals surface area contributed by atoms with Crippen molar-refractivity contribution in [3.63, 3.8) is 0 Å². The number of morpholine rings is 1. The minimum Gasteiger partial charge on any atom is -0.378 e. The van der Waals surface area contributed by atoms with Crippen molar-refractivity contribution < 1.29 is 17.9 Å². The van der Waals surface area contributed by atoms with Gasteiger partial charge in [0.1, 0.15) is 5.69 Å². The smallest absolute Gasteiger partial charge is 0.378 e. The maximum Gasteiger partial charge on any atom is 0.416 e. The molecule has 11 heteroatoms. The van der Waals surface area contributed by atoms with Crippen LogP contribution in [0.15, 0.2) is 47.5 Å². The van der Waals surface area contributed by atoms with Gasteiger partial charge in [-0.2, -0.15) is 18.2 Å². The molecule has 3 aromatic rings. The molecule has 0 aliphatic carbocycles. The fourth-order valence-electron chi connectivity index (χ4n) is 4.00. The molecule has 3 heterocycles. The lowest BCUT2D eigenvalue weighted by molar-refractivity contribution is -0.137. The van der Waals surface area contributed by atoms with Crippen LogP contribution in [-0.2, 0) is 23.8 Å². The molecule has 1 aromatic heterocycles. The third-order valence-electron chi connectivity index (χ3n) is 5.80. The van der Waals surface area contributed by atoms with Gasteiger partial charge in [-0.05, 0) is 42.0 Å². The van der Waals surface area contributed by atoms with Crippen molar-refractivity contribution in [3.05, 3.63) is 69.3 Å². The Bertz CT molecular complexity index is 1260. The highest BCUT2D eigenvalue weighted by molar-refractivity contribution is 6.36. The zero-order valence-corrected chi connectivity index (χ0v) is 19.9. The molecule has 2 aliphatic heterocycles. The molecule has 0 spiro atoms. The van der Waals surface area contributed by atoms with Gasteiger partial charge in [-0.15, -0.1) is 0 Å². The molecule has 0 atom stereocenters. The normalized spacial score (nSPS) is 15.7. The van der Waals surface area contributed by atoms with Crippen LogP contribution in [0.3, 0.4) is 0 Å². The number of aromatic nitrogens is 2. The van der Waals surface area contributed by atoms with Gasteiger partial charge in [-0.25, -0.2) is 4.98 Å². The number of rotatable bonds is 5. The molecule has 1 fully saturated rings. The predicted octanol–water partition coefficient (Wildman–Crippen LogP) is 6.25. The second-order valence-corrected chi connectivity index (χ2v) is 9.01. The third-order valence-corrected chi connectivity index (χ3v) is 6.51. The average Bonchev–Trinajstić information content (AvgIpc) is 3.25. The Morgan fingerprint density at radius 1 is 0.971 bits per heavy atom. The Labute approximate surface area is 209 Å². The molecule has 5 rings (SSSR count). The zero-order valence-electron chi connectivity index (χ0n) is 18.4. The quantitative estimate of drug-likeness (QED) is 0.429. The molecule has 1 saturated heterocycles. The SMILES string of the molecule is FC(F)(F)c1ccc(Nc2nc(N3CCOCC3)nc3c2N=C(Cc2c(Cl)cccc2Cl)C3)cc1. The molecule has 1 N–H and O–H groups in total. The van der Waals surface area contributed by atoms with Crippen LogP contribution in [0.4, 0.5) is 36.3 Å². The lowest BCUT2D eigenvalue weighted by atomic mass is 10.1. The molecule has 6 nitrogen and oxygen atoms in total. The van der Waals surface area contributed by atoms with Crippen LogP contribution in [0, 0.1) is 0 Å². The first-order valence-corrected chi connectivity index (χ1v) is 11.7. The number of alkyl halides is 3. The van der Waals surface area contributed by atoms with Gasteiger partial charge in [-0.1, -0.05) is 29.3 Å². The Morgan fingerprint density at radius 2 is 1.66 bits per heavy atom. The number of hydrogen-bond donors (Lipinski definition) is 1. The van der Waals surface area contributed by atoms with Crippen LogP contribution >= 0.6 is 23.2 Å². The highest BCUT2D eigenvalue weighted by atomic mass is 35.5. The van der Waals surface area contributed by atoms with Crippen molar-refractivity contribution in [2.24, 2.45) is 4.99 Å². The average molecular weight is 522 g/mol. The molecule has 0 radical (unpaired) electrons. The number of aliphatic imine (C=N–C) groups is 1. The first kappa shape index (κ1) is 23.8. The van der Waals surface area contributed by atoms with Gasteiger partial charge >= 0.3 is 6.18 Å². The summed E-state index contributed by atoms with van der Waals surface area (Å²) in [4.78, 5) is 16.2. The van der Waals surface area contributed by atoms with Crippen LogP contribution < -0.4 is 10.2 Å². The highest BCUT2D eigenvalue weighted by Crippen LogP contribution is 2.38. The monoisotopic (exact) mass is 521 g/mol. The molecule has 182 valence electrons. The van der Waals surface area contributed by atoms with E-state index in [2.05, 4.69) is 10.3 Å². The number of nitrogens with one attached hydrogen (secondary N) is 1. The summed E-state index contributed by atoms with van der Waals surface area (Å²) < 4.78 is 44.3. The van der Waals surface area contributed by atoms with Gasteiger partial charge in [0.15, 0.2) is 5.82 Å². The van der Waals surface area contributed by atoms with Crippen LogP contribution in [-0.4, -0.2) is 42.0 Å². The summed E-state index contributed by atoms with van der Waals surface area (Å²) >= 11 is 12.7. The standard InChI is InChI=1S/C24H20Cl2F3N5O/c25-18-2-1-3-19(26)17(18)12-16-13-20-21(30-16)22(33-23(32-20)34-8-10-35-11-9-34)31-15-6-4-14(5-7-15)24(27,28)29/h1-7H,8-13H2,(H,31,32,33). The predicted molar refractivity (Wildman–Crippen MR) is 131 cm³/mol. The lowest BCUT2D eigenvalue weighted by Crippen LogP contribution is -2.37. The molecule has 2 aromatic carbocycles. The number of halogens is 5. The fraction of sp³-hybridized carbons (Fsp3) is 0.292. The van der Waals surface area contributed by atoms with Crippen molar-refractivity contribution in [1.82, 2.24) is 9.97 Å². The molecule has 35 heavy (non-hydrogen) atoms. The van der Waals surface area contributed by atoms with Crippen LogP contribution in [0.2, 0.25) is 10.0 Å². The summed E-state index contributed by atoms with van der Waals surface area (Å²) in [6.07, 6.45) is -3.47. The van der Waals surface area contributed by atoms with Gasteiger partial charge in [0, 0.05) is 47.4 Å². The van der Waals surface area contributed by atoms with Crippen LogP contribution in [0.5, 0.6) is 0 Å². The van der Waals surface area contributed by atoms with Crippen LogP contribution in [0.25, 0.3) is 0 Å². The van der Waals surface area contributed by atoms with Crippen molar-refractivity contribution in [2.45, 2.75) is 19.0 Å². The van der Waals surface area contributed by atoms with E-state index >= 15 is 0 Å². The fourth-order valence-corrected chi connectivity index (χ4v) is 4.53.